The highest BCUT2D eigenvalue weighted by Crippen LogP contribution is 2.37. The van der Waals surface area contributed by atoms with Crippen molar-refractivity contribution >= 4 is 16.9 Å². The van der Waals surface area contributed by atoms with Gasteiger partial charge in [-0.3, -0.25) is 4.79 Å². The Bertz CT molecular complexity index is 670. The standard InChI is InChI=1S/C12H10O6/c1-6(13)17-11-10(16-2)9-7(14)4-3-5-8(9)18-12(11)15/h3-5,14H,1-2H3. The summed E-state index contributed by atoms with van der Waals surface area (Å²) in [6.45, 7) is 1.15. The summed E-state index contributed by atoms with van der Waals surface area (Å²) in [6.07, 6.45) is 0. The van der Waals surface area contributed by atoms with E-state index in [2.05, 4.69) is 0 Å². The predicted octanol–water partition coefficient (Wildman–Crippen LogP) is 1.43. The lowest BCUT2D eigenvalue weighted by Gasteiger charge is -2.09. The van der Waals surface area contributed by atoms with Gasteiger partial charge in [-0.15, -0.1) is 0 Å². The van der Waals surface area contributed by atoms with E-state index in [4.69, 9.17) is 13.9 Å². The number of benzene rings is 1. The molecule has 0 amide bonds. The molecule has 1 N–H and O–H groups in total. The number of methoxy groups -OCH3 is 1. The van der Waals surface area contributed by atoms with Crippen LogP contribution >= 0.6 is 0 Å². The molecule has 94 valence electrons. The second-order valence-corrected chi connectivity index (χ2v) is 3.50. The Morgan fingerprint density at radius 1 is 1.33 bits per heavy atom. The Morgan fingerprint density at radius 2 is 2.06 bits per heavy atom. The lowest BCUT2D eigenvalue weighted by molar-refractivity contribution is -0.132. The highest BCUT2D eigenvalue weighted by Gasteiger charge is 2.20. The lowest BCUT2D eigenvalue weighted by Crippen LogP contribution is -2.12. The van der Waals surface area contributed by atoms with Gasteiger partial charge in [0.25, 0.3) is 5.75 Å². The van der Waals surface area contributed by atoms with Crippen LogP contribution in [0.25, 0.3) is 11.0 Å². The average molecular weight is 250 g/mol. The maximum atomic E-state index is 11.7. The molecule has 6 nitrogen and oxygen atoms in total. The van der Waals surface area contributed by atoms with Gasteiger partial charge in [0.2, 0.25) is 0 Å². The smallest absolute Gasteiger partial charge is 0.383 e. The van der Waals surface area contributed by atoms with Crippen LogP contribution in [-0.4, -0.2) is 18.2 Å². The van der Waals surface area contributed by atoms with Crippen molar-refractivity contribution in [3.8, 4) is 17.2 Å². The molecular formula is C12H10O6. The second-order valence-electron chi connectivity index (χ2n) is 3.50. The number of carbonyl (C=O) groups is 1. The number of hydrogen-bond acceptors (Lipinski definition) is 6. The van der Waals surface area contributed by atoms with Crippen LogP contribution < -0.4 is 15.1 Å². The summed E-state index contributed by atoms with van der Waals surface area (Å²) in [5, 5.41) is 9.93. The number of aromatic hydroxyl groups is 1. The molecule has 0 aliphatic carbocycles. The number of fused-ring (bicyclic) bond motifs is 1. The van der Waals surface area contributed by atoms with Crippen LogP contribution in [0.1, 0.15) is 6.92 Å². The lowest BCUT2D eigenvalue weighted by atomic mass is 10.2. The summed E-state index contributed by atoms with van der Waals surface area (Å²) in [6, 6.07) is 4.42. The van der Waals surface area contributed by atoms with E-state index in [1.54, 1.807) is 0 Å². The van der Waals surface area contributed by atoms with Gasteiger partial charge < -0.3 is 19.0 Å². The first kappa shape index (κ1) is 12.0. The zero-order valence-corrected chi connectivity index (χ0v) is 9.72. The van der Waals surface area contributed by atoms with Crippen molar-refractivity contribution in [1.29, 1.82) is 0 Å². The molecule has 0 aliphatic rings. The van der Waals surface area contributed by atoms with Crippen molar-refractivity contribution < 1.29 is 23.8 Å². The summed E-state index contributed by atoms with van der Waals surface area (Å²) in [5.41, 5.74) is -0.701. The SMILES string of the molecule is COc1c(OC(C)=O)c(=O)oc2cccc(O)c12. The molecule has 1 aromatic heterocycles. The molecule has 0 spiro atoms. The fraction of sp³-hybridized carbons (Fsp3) is 0.167. The van der Waals surface area contributed by atoms with Crippen LogP contribution in [0, 0.1) is 0 Å². The van der Waals surface area contributed by atoms with E-state index >= 15 is 0 Å². The van der Waals surface area contributed by atoms with Crippen LogP contribution in [0.4, 0.5) is 0 Å². The molecule has 18 heavy (non-hydrogen) atoms. The molecule has 0 saturated heterocycles. The van der Waals surface area contributed by atoms with Crippen LogP contribution in [0.15, 0.2) is 27.4 Å². The fourth-order valence-electron chi connectivity index (χ4n) is 1.61. The molecule has 2 rings (SSSR count). The monoisotopic (exact) mass is 250 g/mol. The zero-order valence-electron chi connectivity index (χ0n) is 9.72. The Morgan fingerprint density at radius 3 is 2.67 bits per heavy atom. The third-order valence-electron chi connectivity index (χ3n) is 2.28. The minimum Gasteiger partial charge on any atom is -0.507 e. The number of rotatable bonds is 2. The first-order valence-electron chi connectivity index (χ1n) is 5.05. The van der Waals surface area contributed by atoms with Gasteiger partial charge in [-0.05, 0) is 12.1 Å². The number of ether oxygens (including phenoxy) is 2. The molecule has 2 aromatic rings. The number of phenols is 1. The third kappa shape index (κ3) is 1.88. The van der Waals surface area contributed by atoms with Gasteiger partial charge in [-0.25, -0.2) is 4.79 Å². The second kappa shape index (κ2) is 4.40. The first-order chi connectivity index (χ1) is 8.54. The van der Waals surface area contributed by atoms with Gasteiger partial charge in [0.15, 0.2) is 5.75 Å². The van der Waals surface area contributed by atoms with Crippen LogP contribution in [0.2, 0.25) is 0 Å². The van der Waals surface area contributed by atoms with E-state index in [1.165, 1.54) is 25.3 Å². The van der Waals surface area contributed by atoms with Gasteiger partial charge in [0.1, 0.15) is 16.7 Å². The van der Waals surface area contributed by atoms with Crippen molar-refractivity contribution in [2.75, 3.05) is 7.11 Å². The fourth-order valence-corrected chi connectivity index (χ4v) is 1.61. The molecule has 6 heteroatoms. The number of esters is 1. The molecule has 0 radical (unpaired) electrons. The van der Waals surface area contributed by atoms with Gasteiger partial charge in [-0.2, -0.15) is 0 Å². The van der Waals surface area contributed by atoms with Gasteiger partial charge in [0, 0.05) is 6.92 Å². The average Bonchev–Trinajstić information content (AvgIpc) is 2.30. The molecule has 0 atom stereocenters. The number of carbonyl (C=O) groups excluding carboxylic acids is 1. The minimum atomic E-state index is -0.847. The van der Waals surface area contributed by atoms with E-state index < -0.39 is 11.6 Å². The van der Waals surface area contributed by atoms with E-state index in [0.717, 1.165) is 6.92 Å². The van der Waals surface area contributed by atoms with Crippen molar-refractivity contribution in [3.63, 3.8) is 0 Å². The molecule has 0 saturated carbocycles. The van der Waals surface area contributed by atoms with Crippen LogP contribution in [0.5, 0.6) is 17.2 Å². The van der Waals surface area contributed by atoms with E-state index in [-0.39, 0.29) is 28.2 Å². The Hall–Kier alpha value is -2.50. The van der Waals surface area contributed by atoms with Crippen molar-refractivity contribution in [1.82, 2.24) is 0 Å². The molecule has 1 heterocycles. The summed E-state index contributed by atoms with van der Waals surface area (Å²) in [7, 11) is 1.30. The van der Waals surface area contributed by atoms with Crippen LogP contribution in [0.3, 0.4) is 0 Å². The van der Waals surface area contributed by atoms with Crippen molar-refractivity contribution in [3.05, 3.63) is 28.6 Å². The van der Waals surface area contributed by atoms with Crippen molar-refractivity contribution in [2.45, 2.75) is 6.92 Å². The zero-order chi connectivity index (χ0) is 13.3. The predicted molar refractivity (Wildman–Crippen MR) is 62.0 cm³/mol. The first-order valence-corrected chi connectivity index (χ1v) is 5.05. The highest BCUT2D eigenvalue weighted by molar-refractivity contribution is 5.91. The van der Waals surface area contributed by atoms with E-state index in [1.807, 2.05) is 0 Å². The molecule has 0 aliphatic heterocycles. The van der Waals surface area contributed by atoms with Crippen molar-refractivity contribution in [2.24, 2.45) is 0 Å². The molecule has 0 bridgehead atoms. The normalized spacial score (nSPS) is 10.3. The summed E-state index contributed by atoms with van der Waals surface area (Å²) < 4.78 is 14.7. The van der Waals surface area contributed by atoms with Crippen LogP contribution in [-0.2, 0) is 4.79 Å². The number of phenolic OH excluding ortho intramolecular Hbond substituents is 1. The Balaban J connectivity index is 2.86. The maximum absolute atomic E-state index is 11.7. The maximum Gasteiger partial charge on any atom is 0.383 e. The molecule has 1 aromatic carbocycles. The molecule has 0 fully saturated rings. The van der Waals surface area contributed by atoms with Gasteiger partial charge in [-0.1, -0.05) is 6.07 Å². The number of hydrogen-bond donors (Lipinski definition) is 1. The third-order valence-corrected chi connectivity index (χ3v) is 2.28. The van der Waals surface area contributed by atoms with Gasteiger partial charge in [0.05, 0.1) is 7.11 Å². The Labute approximate surface area is 101 Å². The summed E-state index contributed by atoms with van der Waals surface area (Å²) in [4.78, 5) is 22.6. The molecule has 0 unspecified atom stereocenters. The minimum absolute atomic E-state index is 0.0328. The largest absolute Gasteiger partial charge is 0.507 e. The van der Waals surface area contributed by atoms with E-state index in [9.17, 15) is 14.7 Å². The van der Waals surface area contributed by atoms with E-state index in [0.29, 0.717) is 0 Å². The quantitative estimate of drug-likeness (QED) is 0.641. The van der Waals surface area contributed by atoms with Gasteiger partial charge >= 0.3 is 11.6 Å². The Kier molecular flexibility index (Phi) is 2.93. The highest BCUT2D eigenvalue weighted by atomic mass is 16.6. The topological polar surface area (TPSA) is 86.0 Å². The summed E-state index contributed by atoms with van der Waals surface area (Å²) >= 11 is 0. The molecular weight excluding hydrogens is 240 g/mol. The summed E-state index contributed by atoms with van der Waals surface area (Å²) in [5.74, 6) is -1.23.